The van der Waals surface area contributed by atoms with Crippen LogP contribution in [-0.2, 0) is 4.79 Å². The Hall–Kier alpha value is -3.77. The SMILES string of the molecule is CCC(=O)CC.F.c1cc[nH]c1.c1cc[nH]c1.c1ccc(-c2ccccc2)cc1.c1cscn1. The van der Waals surface area contributed by atoms with E-state index in [0.29, 0.717) is 18.6 Å². The zero-order valence-corrected chi connectivity index (χ0v) is 20.5. The minimum Gasteiger partial charge on any atom is -0.368 e. The summed E-state index contributed by atoms with van der Waals surface area (Å²) in [7, 11) is 0. The number of Topliss-reactive ketones (excluding diaryl/α,β-unsaturated/α-hetero) is 1. The average molecular weight is 480 g/mol. The summed E-state index contributed by atoms with van der Waals surface area (Å²) in [5.41, 5.74) is 4.34. The van der Waals surface area contributed by atoms with Crippen LogP contribution >= 0.6 is 11.3 Å². The average Bonchev–Trinajstić information content (AvgIpc) is 3.72. The minimum atomic E-state index is 0. The molecule has 34 heavy (non-hydrogen) atoms. The van der Waals surface area contributed by atoms with Gasteiger partial charge in [-0.25, -0.2) is 0 Å². The van der Waals surface area contributed by atoms with E-state index >= 15 is 0 Å². The standard InChI is InChI=1S/C12H10.C5H10O.2C4H5N.C3H3NS.FH/c1-3-7-11(8-4-1)12-9-5-2-6-10-12;1-3-5(6)4-2;2*1-2-4-5-3-1;1-2-5-3-4-1;/h1-10H;3-4H2,1-2H3;2*1-5H;1-3H;1H. The number of carbonyl (C=O) groups is 1. The Kier molecular flexibility index (Phi) is 19.9. The third-order valence-corrected chi connectivity index (χ3v) is 4.53. The summed E-state index contributed by atoms with van der Waals surface area (Å²) in [5, 5.41) is 1.93. The molecule has 0 unspecified atom stereocenters. The summed E-state index contributed by atoms with van der Waals surface area (Å²) in [6.45, 7) is 3.76. The third kappa shape index (κ3) is 16.9. The van der Waals surface area contributed by atoms with Crippen molar-refractivity contribution in [3.63, 3.8) is 0 Å². The predicted octanol–water partition coefficient (Wildman–Crippen LogP) is 8.05. The molecule has 5 rings (SSSR count). The quantitative estimate of drug-likeness (QED) is 0.275. The lowest BCUT2D eigenvalue weighted by molar-refractivity contribution is -0.118. The van der Waals surface area contributed by atoms with Crippen LogP contribution in [0.15, 0.2) is 127 Å². The molecular formula is C28H34FN3OS. The molecule has 3 heterocycles. The Morgan fingerprint density at radius 2 is 1.12 bits per heavy atom. The normalized spacial score (nSPS) is 8.41. The molecule has 0 saturated heterocycles. The van der Waals surface area contributed by atoms with Crippen molar-refractivity contribution in [2.24, 2.45) is 0 Å². The fourth-order valence-electron chi connectivity index (χ4n) is 2.24. The number of nitrogens with zero attached hydrogens (tertiary/aromatic N) is 1. The van der Waals surface area contributed by atoms with Gasteiger partial charge in [0.05, 0.1) is 5.51 Å². The van der Waals surface area contributed by atoms with Crippen molar-refractivity contribution in [1.29, 1.82) is 0 Å². The van der Waals surface area contributed by atoms with Crippen LogP contribution in [0.1, 0.15) is 26.7 Å². The van der Waals surface area contributed by atoms with Gasteiger partial charge in [-0.2, -0.15) is 0 Å². The molecule has 0 bridgehead atoms. The maximum Gasteiger partial charge on any atom is 0.132 e. The van der Waals surface area contributed by atoms with E-state index in [9.17, 15) is 4.79 Å². The number of hydrogen-bond acceptors (Lipinski definition) is 3. The summed E-state index contributed by atoms with van der Waals surface area (Å²) in [5.74, 6) is 0.343. The van der Waals surface area contributed by atoms with Gasteiger partial charge in [-0.05, 0) is 35.4 Å². The summed E-state index contributed by atoms with van der Waals surface area (Å²) in [4.78, 5) is 19.6. The van der Waals surface area contributed by atoms with Crippen molar-refractivity contribution < 1.29 is 9.50 Å². The van der Waals surface area contributed by atoms with Crippen LogP contribution in [0.4, 0.5) is 4.70 Å². The number of aromatic amines is 2. The number of thiazole rings is 1. The van der Waals surface area contributed by atoms with E-state index in [0.717, 1.165) is 0 Å². The number of ketones is 1. The highest BCUT2D eigenvalue weighted by Crippen LogP contribution is 2.17. The molecule has 180 valence electrons. The van der Waals surface area contributed by atoms with Crippen molar-refractivity contribution in [3.05, 3.63) is 127 Å². The first-order valence-corrected chi connectivity index (χ1v) is 11.8. The third-order valence-electron chi connectivity index (χ3n) is 4.01. The Labute approximate surface area is 206 Å². The molecule has 0 atom stereocenters. The van der Waals surface area contributed by atoms with Gasteiger partial charge < -0.3 is 9.97 Å². The molecular weight excluding hydrogens is 445 g/mol. The lowest BCUT2D eigenvalue weighted by Gasteiger charge is -1.98. The summed E-state index contributed by atoms with van der Waals surface area (Å²) >= 11 is 1.60. The van der Waals surface area contributed by atoms with E-state index in [2.05, 4.69) is 63.5 Å². The molecule has 0 radical (unpaired) electrons. The maximum atomic E-state index is 10.2. The molecule has 0 spiro atoms. The van der Waals surface area contributed by atoms with Crippen LogP contribution in [0, 0.1) is 0 Å². The Bertz CT molecular complexity index is 831. The monoisotopic (exact) mass is 479 g/mol. The first-order chi connectivity index (χ1) is 16.3. The second kappa shape index (κ2) is 22.4. The van der Waals surface area contributed by atoms with Gasteiger partial charge in [0.1, 0.15) is 5.78 Å². The molecule has 6 heteroatoms. The molecule has 0 aliphatic rings. The number of rotatable bonds is 3. The van der Waals surface area contributed by atoms with Crippen molar-refractivity contribution >= 4 is 17.1 Å². The summed E-state index contributed by atoms with van der Waals surface area (Å²) < 4.78 is 0. The van der Waals surface area contributed by atoms with E-state index in [1.807, 2.05) is 80.4 Å². The molecule has 2 aromatic carbocycles. The van der Waals surface area contributed by atoms with E-state index < -0.39 is 0 Å². The van der Waals surface area contributed by atoms with Gasteiger partial charge in [0, 0.05) is 49.2 Å². The highest BCUT2D eigenvalue weighted by molar-refractivity contribution is 7.07. The molecule has 2 N–H and O–H groups in total. The van der Waals surface area contributed by atoms with Gasteiger partial charge in [0.25, 0.3) is 0 Å². The van der Waals surface area contributed by atoms with Crippen molar-refractivity contribution in [1.82, 2.24) is 15.0 Å². The largest absolute Gasteiger partial charge is 0.368 e. The lowest BCUT2D eigenvalue weighted by Crippen LogP contribution is -1.88. The number of halogens is 1. The van der Waals surface area contributed by atoms with Crippen molar-refractivity contribution in [3.8, 4) is 11.1 Å². The van der Waals surface area contributed by atoms with Gasteiger partial charge in [0.15, 0.2) is 0 Å². The Morgan fingerprint density at radius 1 is 0.706 bits per heavy atom. The van der Waals surface area contributed by atoms with Gasteiger partial charge in [-0.3, -0.25) is 14.5 Å². The van der Waals surface area contributed by atoms with Gasteiger partial charge in [-0.1, -0.05) is 74.5 Å². The summed E-state index contributed by atoms with van der Waals surface area (Å²) in [6, 6.07) is 28.6. The maximum absolute atomic E-state index is 10.2. The minimum absolute atomic E-state index is 0. The first kappa shape index (κ1) is 30.2. The van der Waals surface area contributed by atoms with Crippen LogP contribution in [0.25, 0.3) is 11.1 Å². The molecule has 5 aromatic rings. The van der Waals surface area contributed by atoms with Gasteiger partial charge >= 0.3 is 0 Å². The van der Waals surface area contributed by atoms with Gasteiger partial charge in [-0.15, -0.1) is 11.3 Å². The molecule has 0 saturated carbocycles. The Balaban J connectivity index is 0.000000425. The van der Waals surface area contributed by atoms with Crippen molar-refractivity contribution in [2.45, 2.75) is 26.7 Å². The number of hydrogen-bond donors (Lipinski definition) is 2. The van der Waals surface area contributed by atoms with Crippen LogP contribution < -0.4 is 0 Å². The van der Waals surface area contributed by atoms with Crippen LogP contribution in [0.3, 0.4) is 0 Å². The molecule has 4 nitrogen and oxygen atoms in total. The topological polar surface area (TPSA) is 61.5 Å². The molecule has 0 amide bonds. The van der Waals surface area contributed by atoms with Crippen LogP contribution in [0.5, 0.6) is 0 Å². The number of H-pyrrole nitrogens is 2. The second-order valence-corrected chi connectivity index (χ2v) is 7.18. The molecule has 0 aliphatic carbocycles. The smallest absolute Gasteiger partial charge is 0.132 e. The van der Waals surface area contributed by atoms with E-state index in [4.69, 9.17) is 0 Å². The molecule has 0 aliphatic heterocycles. The van der Waals surface area contributed by atoms with E-state index in [1.165, 1.54) is 11.1 Å². The number of aromatic nitrogens is 3. The molecule has 0 fully saturated rings. The fourth-order valence-corrected chi connectivity index (χ4v) is 2.59. The number of carbonyl (C=O) groups excluding carboxylic acids is 1. The van der Waals surface area contributed by atoms with Crippen LogP contribution in [-0.4, -0.2) is 20.7 Å². The second-order valence-electron chi connectivity index (χ2n) is 6.42. The van der Waals surface area contributed by atoms with Crippen LogP contribution in [0.2, 0.25) is 0 Å². The number of benzene rings is 2. The fraction of sp³-hybridized carbons (Fsp3) is 0.143. The zero-order chi connectivity index (χ0) is 23.8. The van der Waals surface area contributed by atoms with E-state index in [-0.39, 0.29) is 4.70 Å². The molecule has 3 aromatic heterocycles. The lowest BCUT2D eigenvalue weighted by atomic mass is 10.1. The zero-order valence-electron chi connectivity index (χ0n) is 19.7. The number of nitrogens with one attached hydrogen (secondary N) is 2. The van der Waals surface area contributed by atoms with E-state index in [1.54, 1.807) is 23.0 Å². The van der Waals surface area contributed by atoms with Crippen molar-refractivity contribution in [2.75, 3.05) is 0 Å². The van der Waals surface area contributed by atoms with Gasteiger partial charge in [0.2, 0.25) is 0 Å². The first-order valence-electron chi connectivity index (χ1n) is 10.9. The predicted molar refractivity (Wildman–Crippen MR) is 144 cm³/mol. The highest BCUT2D eigenvalue weighted by atomic mass is 32.1. The Morgan fingerprint density at radius 3 is 1.29 bits per heavy atom. The highest BCUT2D eigenvalue weighted by Gasteiger charge is 1.91. The summed E-state index contributed by atoms with van der Waals surface area (Å²) in [6.07, 6.45) is 10.7.